The van der Waals surface area contributed by atoms with E-state index in [-0.39, 0.29) is 5.46 Å². The molecule has 5 heteroatoms. The highest BCUT2D eigenvalue weighted by Crippen LogP contribution is 2.15. The fourth-order valence-electron chi connectivity index (χ4n) is 0.974. The zero-order valence-electron chi connectivity index (χ0n) is 7.20. The van der Waals surface area contributed by atoms with E-state index in [1.807, 2.05) is 6.92 Å². The minimum atomic E-state index is -1.54. The molecule has 0 aliphatic carbocycles. The summed E-state index contributed by atoms with van der Waals surface area (Å²) in [6, 6.07) is 4.72. The molecule has 0 aliphatic heterocycles. The van der Waals surface area contributed by atoms with E-state index in [0.29, 0.717) is 17.4 Å². The van der Waals surface area contributed by atoms with Crippen molar-refractivity contribution in [2.24, 2.45) is 0 Å². The summed E-state index contributed by atoms with van der Waals surface area (Å²) in [5.41, 5.74) is 0.283. The molecule has 1 rings (SSSR count). The van der Waals surface area contributed by atoms with Gasteiger partial charge in [-0.25, -0.2) is 0 Å². The maximum atomic E-state index is 8.86. The lowest BCUT2D eigenvalue weighted by Crippen LogP contribution is -2.30. The van der Waals surface area contributed by atoms with Gasteiger partial charge in [0.1, 0.15) is 5.75 Å². The monoisotopic (exact) mass is 200 g/mol. The predicted molar refractivity (Wildman–Crippen MR) is 52.4 cm³/mol. The van der Waals surface area contributed by atoms with Crippen LogP contribution in [0.3, 0.4) is 0 Å². The first-order chi connectivity index (χ1) is 6.15. The molecule has 2 N–H and O–H groups in total. The zero-order chi connectivity index (χ0) is 9.84. The van der Waals surface area contributed by atoms with Crippen molar-refractivity contribution >= 4 is 24.2 Å². The summed E-state index contributed by atoms with van der Waals surface area (Å²) in [7, 11) is -1.54. The van der Waals surface area contributed by atoms with Gasteiger partial charge in [-0.15, -0.1) is 0 Å². The minimum Gasteiger partial charge on any atom is -0.494 e. The van der Waals surface area contributed by atoms with Gasteiger partial charge in [0, 0.05) is 10.5 Å². The predicted octanol–water partition coefficient (Wildman–Crippen LogP) is 0.418. The summed E-state index contributed by atoms with van der Waals surface area (Å²) in [4.78, 5) is 0. The second kappa shape index (κ2) is 4.51. The van der Waals surface area contributed by atoms with Crippen molar-refractivity contribution in [1.29, 1.82) is 0 Å². The number of rotatable bonds is 3. The first kappa shape index (κ1) is 10.4. The molecule has 0 atom stereocenters. The fourth-order valence-corrected chi connectivity index (χ4v) is 1.24. The molecule has 0 saturated heterocycles. The molecule has 0 aliphatic rings. The number of ether oxygens (including phenoxy) is 1. The minimum absolute atomic E-state index is 0.283. The maximum Gasteiger partial charge on any atom is 0.489 e. The maximum absolute atomic E-state index is 8.86. The van der Waals surface area contributed by atoms with Crippen LogP contribution in [-0.4, -0.2) is 23.8 Å². The Hall–Kier alpha value is -0.705. The first-order valence-corrected chi connectivity index (χ1v) is 4.31. The van der Waals surface area contributed by atoms with Gasteiger partial charge in [0.15, 0.2) is 0 Å². The normalized spacial score (nSPS) is 9.85. The van der Waals surface area contributed by atoms with Crippen molar-refractivity contribution in [3.05, 3.63) is 23.2 Å². The molecule has 0 fully saturated rings. The van der Waals surface area contributed by atoms with Crippen molar-refractivity contribution in [2.45, 2.75) is 6.92 Å². The van der Waals surface area contributed by atoms with Gasteiger partial charge in [0.05, 0.1) is 6.61 Å². The third-order valence-electron chi connectivity index (χ3n) is 1.56. The fraction of sp³-hybridized carbons (Fsp3) is 0.250. The van der Waals surface area contributed by atoms with E-state index in [1.54, 1.807) is 12.1 Å². The summed E-state index contributed by atoms with van der Waals surface area (Å²) < 4.78 is 5.17. The largest absolute Gasteiger partial charge is 0.494 e. The molecule has 0 bridgehead atoms. The second-order valence-electron chi connectivity index (χ2n) is 2.49. The van der Waals surface area contributed by atoms with E-state index < -0.39 is 7.12 Å². The summed E-state index contributed by atoms with van der Waals surface area (Å²) in [5.74, 6) is 0.622. The Bertz CT molecular complexity index is 291. The molecule has 0 unspecified atom stereocenters. The molecule has 70 valence electrons. The average molecular weight is 200 g/mol. The van der Waals surface area contributed by atoms with E-state index in [0.717, 1.165) is 0 Å². The molecule has 0 amide bonds. The Morgan fingerprint density at radius 3 is 2.62 bits per heavy atom. The Kier molecular flexibility index (Phi) is 3.60. The van der Waals surface area contributed by atoms with E-state index in [9.17, 15) is 0 Å². The smallest absolute Gasteiger partial charge is 0.489 e. The van der Waals surface area contributed by atoms with Gasteiger partial charge in [-0.1, -0.05) is 17.7 Å². The lowest BCUT2D eigenvalue weighted by molar-refractivity contribution is 0.340. The molecule has 13 heavy (non-hydrogen) atoms. The number of benzene rings is 1. The van der Waals surface area contributed by atoms with Crippen LogP contribution in [0.25, 0.3) is 0 Å². The lowest BCUT2D eigenvalue weighted by Gasteiger charge is -2.06. The van der Waals surface area contributed by atoms with Crippen molar-refractivity contribution in [2.75, 3.05) is 6.61 Å². The SMILES string of the molecule is CCOc1ccc(B(O)O)c(Cl)c1. The molecule has 0 spiro atoms. The molecular weight excluding hydrogens is 190 g/mol. The molecule has 0 radical (unpaired) electrons. The molecular formula is C8H10BClO3. The van der Waals surface area contributed by atoms with Crippen molar-refractivity contribution < 1.29 is 14.8 Å². The van der Waals surface area contributed by atoms with Crippen LogP contribution in [0.2, 0.25) is 5.02 Å². The van der Waals surface area contributed by atoms with Crippen LogP contribution in [0.5, 0.6) is 5.75 Å². The number of halogens is 1. The van der Waals surface area contributed by atoms with Crippen LogP contribution in [0.4, 0.5) is 0 Å². The molecule has 1 aromatic carbocycles. The highest BCUT2D eigenvalue weighted by molar-refractivity contribution is 6.62. The van der Waals surface area contributed by atoms with Crippen molar-refractivity contribution in [3.63, 3.8) is 0 Å². The number of hydrogen-bond donors (Lipinski definition) is 2. The first-order valence-electron chi connectivity index (χ1n) is 3.93. The van der Waals surface area contributed by atoms with Crippen LogP contribution in [0.15, 0.2) is 18.2 Å². The van der Waals surface area contributed by atoms with E-state index in [1.165, 1.54) is 6.07 Å². The lowest BCUT2D eigenvalue weighted by atomic mass is 9.80. The molecule has 1 aromatic rings. The van der Waals surface area contributed by atoms with E-state index in [2.05, 4.69) is 0 Å². The van der Waals surface area contributed by atoms with Crippen LogP contribution in [0, 0.1) is 0 Å². The Morgan fingerprint density at radius 2 is 2.15 bits per heavy atom. The van der Waals surface area contributed by atoms with Gasteiger partial charge in [0.25, 0.3) is 0 Å². The summed E-state index contributed by atoms with van der Waals surface area (Å²) in [6.45, 7) is 2.42. The van der Waals surface area contributed by atoms with Crippen molar-refractivity contribution in [1.82, 2.24) is 0 Å². The van der Waals surface area contributed by atoms with Crippen molar-refractivity contribution in [3.8, 4) is 5.75 Å². The average Bonchev–Trinajstić information content (AvgIpc) is 2.04. The Labute approximate surface area is 82.1 Å². The molecule has 0 heterocycles. The quantitative estimate of drug-likeness (QED) is 0.695. The van der Waals surface area contributed by atoms with Crippen LogP contribution in [-0.2, 0) is 0 Å². The highest BCUT2D eigenvalue weighted by atomic mass is 35.5. The second-order valence-corrected chi connectivity index (χ2v) is 2.90. The third kappa shape index (κ3) is 2.62. The van der Waals surface area contributed by atoms with Gasteiger partial charge in [-0.2, -0.15) is 0 Å². The van der Waals surface area contributed by atoms with Crippen LogP contribution < -0.4 is 10.2 Å². The standard InChI is InChI=1S/C8H10BClO3/c1-2-13-6-3-4-7(9(11)12)8(10)5-6/h3-5,11-12H,2H2,1H3. The highest BCUT2D eigenvalue weighted by Gasteiger charge is 2.15. The Balaban J connectivity index is 2.92. The van der Waals surface area contributed by atoms with Gasteiger partial charge in [-0.05, 0) is 19.1 Å². The van der Waals surface area contributed by atoms with Gasteiger partial charge >= 0.3 is 7.12 Å². The van der Waals surface area contributed by atoms with E-state index in [4.69, 9.17) is 26.4 Å². The summed E-state index contributed by atoms with van der Waals surface area (Å²) in [5, 5.41) is 18.0. The van der Waals surface area contributed by atoms with Gasteiger partial charge in [0.2, 0.25) is 0 Å². The zero-order valence-corrected chi connectivity index (χ0v) is 7.95. The van der Waals surface area contributed by atoms with Crippen LogP contribution in [0.1, 0.15) is 6.92 Å². The number of hydrogen-bond acceptors (Lipinski definition) is 3. The van der Waals surface area contributed by atoms with Crippen LogP contribution >= 0.6 is 11.6 Å². The Morgan fingerprint density at radius 1 is 1.46 bits per heavy atom. The van der Waals surface area contributed by atoms with Gasteiger partial charge in [-0.3, -0.25) is 0 Å². The molecule has 3 nitrogen and oxygen atoms in total. The molecule has 0 saturated carbocycles. The third-order valence-corrected chi connectivity index (χ3v) is 1.89. The summed E-state index contributed by atoms with van der Waals surface area (Å²) in [6.07, 6.45) is 0. The molecule has 0 aromatic heterocycles. The summed E-state index contributed by atoms with van der Waals surface area (Å²) >= 11 is 5.76. The van der Waals surface area contributed by atoms with Gasteiger partial charge < -0.3 is 14.8 Å². The topological polar surface area (TPSA) is 49.7 Å². The van der Waals surface area contributed by atoms with E-state index >= 15 is 0 Å².